The molecule has 1 aromatic heterocycles. The van der Waals surface area contributed by atoms with Crippen LogP contribution in [0.25, 0.3) is 6.08 Å². The Morgan fingerprint density at radius 1 is 1.19 bits per heavy atom. The highest BCUT2D eigenvalue weighted by Crippen LogP contribution is 2.15. The lowest BCUT2D eigenvalue weighted by Crippen LogP contribution is -2.45. The van der Waals surface area contributed by atoms with E-state index in [0.717, 1.165) is 36.4 Å². The van der Waals surface area contributed by atoms with Crippen molar-refractivity contribution in [3.63, 3.8) is 0 Å². The van der Waals surface area contributed by atoms with E-state index < -0.39 is 0 Å². The molecule has 0 radical (unpaired) electrons. The van der Waals surface area contributed by atoms with E-state index in [0.29, 0.717) is 5.56 Å². The minimum atomic E-state index is -0.278. The Morgan fingerprint density at radius 2 is 1.96 bits per heavy atom. The van der Waals surface area contributed by atoms with Crippen LogP contribution in [0.4, 0.5) is 0 Å². The second-order valence-corrected chi connectivity index (χ2v) is 7.93. The lowest BCUT2D eigenvalue weighted by molar-refractivity contribution is -0.118. The molecule has 3 rings (SSSR count). The first-order chi connectivity index (χ1) is 13.0. The fourth-order valence-electron chi connectivity index (χ4n) is 3.07. The third kappa shape index (κ3) is 5.52. The fraction of sp³-hybridized carbons (Fsp3) is 0.333. The molecule has 0 bridgehead atoms. The van der Waals surface area contributed by atoms with Gasteiger partial charge in [-0.3, -0.25) is 9.59 Å². The second kappa shape index (κ2) is 8.97. The van der Waals surface area contributed by atoms with Gasteiger partial charge >= 0.3 is 0 Å². The predicted octanol–water partition coefficient (Wildman–Crippen LogP) is 3.04. The van der Waals surface area contributed by atoms with E-state index >= 15 is 0 Å². The van der Waals surface area contributed by atoms with Gasteiger partial charge in [-0.25, -0.2) is 0 Å². The van der Waals surface area contributed by atoms with Crippen molar-refractivity contribution >= 4 is 29.2 Å². The fourth-order valence-corrected chi connectivity index (χ4v) is 3.73. The number of rotatable bonds is 5. The average Bonchev–Trinajstić information content (AvgIpc) is 3.16. The Labute approximate surface area is 164 Å². The number of hydrogen-bond donors (Lipinski definition) is 2. The first-order valence-corrected chi connectivity index (χ1v) is 10.0. The van der Waals surface area contributed by atoms with Crippen LogP contribution < -0.4 is 10.6 Å². The number of likely N-dealkylation sites (tertiary alicyclic amines) is 1. The average molecular weight is 384 g/mol. The highest BCUT2D eigenvalue weighted by molar-refractivity contribution is 7.10. The highest BCUT2D eigenvalue weighted by atomic mass is 32.1. The van der Waals surface area contributed by atoms with Crippen LogP contribution in [0.1, 0.15) is 33.6 Å². The molecular weight excluding hydrogens is 358 g/mol. The zero-order valence-electron chi connectivity index (χ0n) is 15.7. The topological polar surface area (TPSA) is 61.4 Å². The van der Waals surface area contributed by atoms with E-state index in [1.165, 1.54) is 11.3 Å². The summed E-state index contributed by atoms with van der Waals surface area (Å²) in [5, 5.41) is 7.82. The van der Waals surface area contributed by atoms with Crippen molar-refractivity contribution in [1.29, 1.82) is 0 Å². The lowest BCUT2D eigenvalue weighted by atomic mass is 10.1. The monoisotopic (exact) mass is 383 g/mol. The van der Waals surface area contributed by atoms with E-state index in [4.69, 9.17) is 0 Å². The quantitative estimate of drug-likeness (QED) is 0.780. The van der Waals surface area contributed by atoms with Crippen molar-refractivity contribution in [3.05, 3.63) is 63.5 Å². The van der Waals surface area contributed by atoms with Crippen LogP contribution in [0.3, 0.4) is 0 Å². The van der Waals surface area contributed by atoms with E-state index in [-0.39, 0.29) is 23.6 Å². The van der Waals surface area contributed by atoms with Gasteiger partial charge in [0.1, 0.15) is 5.70 Å². The number of hydrogen-bond acceptors (Lipinski definition) is 4. The zero-order valence-corrected chi connectivity index (χ0v) is 16.5. The van der Waals surface area contributed by atoms with Crippen molar-refractivity contribution in [2.45, 2.75) is 25.8 Å². The Kier molecular flexibility index (Phi) is 6.42. The van der Waals surface area contributed by atoms with Crippen LogP contribution in [-0.4, -0.2) is 42.9 Å². The molecule has 2 aromatic rings. The SMILES string of the molecule is Cc1cccc(C(=O)N/C(=C\c2cccs2)C(=O)NC2CCN(C)CC2)c1. The highest BCUT2D eigenvalue weighted by Gasteiger charge is 2.21. The maximum absolute atomic E-state index is 12.8. The van der Waals surface area contributed by atoms with Crippen LogP contribution in [0, 0.1) is 6.92 Å². The maximum Gasteiger partial charge on any atom is 0.268 e. The molecule has 5 nitrogen and oxygen atoms in total. The molecule has 0 saturated carbocycles. The maximum atomic E-state index is 12.8. The molecule has 0 aliphatic carbocycles. The summed E-state index contributed by atoms with van der Waals surface area (Å²) >= 11 is 1.53. The van der Waals surface area contributed by atoms with Gasteiger partial charge in [0.05, 0.1) is 0 Å². The summed E-state index contributed by atoms with van der Waals surface area (Å²) in [6, 6.07) is 11.3. The van der Waals surface area contributed by atoms with E-state index in [1.54, 1.807) is 12.1 Å². The normalized spacial score (nSPS) is 16.1. The van der Waals surface area contributed by atoms with Crippen LogP contribution in [-0.2, 0) is 4.79 Å². The summed E-state index contributed by atoms with van der Waals surface area (Å²) in [5.74, 6) is -0.515. The minimum absolute atomic E-state index is 0.135. The minimum Gasteiger partial charge on any atom is -0.348 e. The molecule has 1 saturated heterocycles. The predicted molar refractivity (Wildman–Crippen MR) is 110 cm³/mol. The van der Waals surface area contributed by atoms with Crippen molar-refractivity contribution in [1.82, 2.24) is 15.5 Å². The number of carbonyl (C=O) groups excluding carboxylic acids is 2. The smallest absolute Gasteiger partial charge is 0.268 e. The first-order valence-electron chi connectivity index (χ1n) is 9.14. The van der Waals surface area contributed by atoms with Gasteiger partial charge in [-0.2, -0.15) is 0 Å². The standard InChI is InChI=1S/C21H25N3O2S/c1-15-5-3-6-16(13-15)20(25)23-19(14-18-7-4-12-27-18)21(26)22-17-8-10-24(2)11-9-17/h3-7,12-14,17H,8-11H2,1-2H3,(H,22,26)(H,23,25)/b19-14-. The molecule has 0 spiro atoms. The number of thiophene rings is 1. The number of aryl methyl sites for hydroxylation is 1. The summed E-state index contributed by atoms with van der Waals surface area (Å²) in [5.41, 5.74) is 1.82. The van der Waals surface area contributed by atoms with Gasteiger partial charge in [0.15, 0.2) is 0 Å². The second-order valence-electron chi connectivity index (χ2n) is 6.95. The third-order valence-electron chi connectivity index (χ3n) is 4.66. The van der Waals surface area contributed by atoms with Crippen LogP contribution in [0.5, 0.6) is 0 Å². The molecule has 2 amide bonds. The molecule has 2 N–H and O–H groups in total. The molecule has 2 heterocycles. The zero-order chi connectivity index (χ0) is 19.2. The van der Waals surface area contributed by atoms with Gasteiger partial charge in [0, 0.05) is 16.5 Å². The molecule has 27 heavy (non-hydrogen) atoms. The van der Waals surface area contributed by atoms with Gasteiger partial charge in [0.25, 0.3) is 11.8 Å². The summed E-state index contributed by atoms with van der Waals surface area (Å²) in [6.07, 6.45) is 3.57. The molecule has 1 aliphatic rings. The number of benzene rings is 1. The third-order valence-corrected chi connectivity index (χ3v) is 5.48. The Morgan fingerprint density at radius 3 is 2.63 bits per heavy atom. The summed E-state index contributed by atoms with van der Waals surface area (Å²) < 4.78 is 0. The molecule has 0 atom stereocenters. The van der Waals surface area contributed by atoms with Crippen LogP contribution in [0.2, 0.25) is 0 Å². The summed E-state index contributed by atoms with van der Waals surface area (Å²) in [6.45, 7) is 3.86. The number of nitrogens with one attached hydrogen (secondary N) is 2. The number of nitrogens with zero attached hydrogens (tertiary/aromatic N) is 1. The largest absolute Gasteiger partial charge is 0.348 e. The molecule has 142 valence electrons. The van der Waals surface area contributed by atoms with Gasteiger partial charge in [0.2, 0.25) is 0 Å². The number of piperidine rings is 1. The molecule has 1 fully saturated rings. The van der Waals surface area contributed by atoms with E-state index in [9.17, 15) is 9.59 Å². The Balaban J connectivity index is 1.75. The van der Waals surface area contributed by atoms with Gasteiger partial charge < -0.3 is 15.5 Å². The lowest BCUT2D eigenvalue weighted by Gasteiger charge is -2.29. The van der Waals surface area contributed by atoms with Crippen LogP contribution >= 0.6 is 11.3 Å². The van der Waals surface area contributed by atoms with Gasteiger partial charge in [-0.1, -0.05) is 23.8 Å². The number of carbonyl (C=O) groups is 2. The molecular formula is C21H25N3O2S. The van der Waals surface area contributed by atoms with Crippen molar-refractivity contribution in [2.75, 3.05) is 20.1 Å². The number of amides is 2. The Bertz CT molecular complexity index is 822. The molecule has 0 unspecified atom stereocenters. The van der Waals surface area contributed by atoms with Crippen LogP contribution in [0.15, 0.2) is 47.5 Å². The van der Waals surface area contributed by atoms with Gasteiger partial charge in [-0.15, -0.1) is 11.3 Å². The van der Waals surface area contributed by atoms with Gasteiger partial charge in [-0.05, 0) is 69.6 Å². The van der Waals surface area contributed by atoms with Crippen molar-refractivity contribution in [3.8, 4) is 0 Å². The summed E-state index contributed by atoms with van der Waals surface area (Å²) in [4.78, 5) is 28.7. The van der Waals surface area contributed by atoms with Crippen molar-refractivity contribution in [2.24, 2.45) is 0 Å². The molecule has 6 heteroatoms. The molecule has 1 aliphatic heterocycles. The first kappa shape index (κ1) is 19.3. The Hall–Kier alpha value is -2.44. The summed E-state index contributed by atoms with van der Waals surface area (Å²) in [7, 11) is 2.09. The molecule has 1 aromatic carbocycles. The van der Waals surface area contributed by atoms with E-state index in [2.05, 4.69) is 22.6 Å². The van der Waals surface area contributed by atoms with Crippen molar-refractivity contribution < 1.29 is 9.59 Å². The van der Waals surface area contributed by atoms with E-state index in [1.807, 2.05) is 42.6 Å².